The van der Waals surface area contributed by atoms with Crippen LogP contribution in [0.25, 0.3) is 0 Å². The van der Waals surface area contributed by atoms with E-state index in [-0.39, 0.29) is 11.4 Å². The molecule has 2 aromatic carbocycles. The number of nitriles is 1. The molecule has 0 aliphatic rings. The second kappa shape index (κ2) is 7.04. The number of hydrogen-bond acceptors (Lipinski definition) is 5. The van der Waals surface area contributed by atoms with Crippen molar-refractivity contribution in [1.29, 1.82) is 5.26 Å². The summed E-state index contributed by atoms with van der Waals surface area (Å²) in [6.45, 7) is 1.53. The molecular weight excluding hydrogens is 298 g/mol. The highest BCUT2D eigenvalue weighted by atomic mass is 16.6. The summed E-state index contributed by atoms with van der Waals surface area (Å²) in [5.41, 5.74) is 0.787. The molecule has 0 aliphatic heterocycles. The van der Waals surface area contributed by atoms with E-state index < -0.39 is 16.9 Å². The predicted molar refractivity (Wildman–Crippen MR) is 83.0 cm³/mol. The monoisotopic (exact) mass is 311 g/mol. The van der Waals surface area contributed by atoms with E-state index in [9.17, 15) is 14.9 Å². The molecule has 116 valence electrons. The zero-order valence-electron chi connectivity index (χ0n) is 12.2. The molecule has 0 aliphatic carbocycles. The fraction of sp³-hybridized carbons (Fsp3) is 0.125. The van der Waals surface area contributed by atoms with E-state index in [2.05, 4.69) is 5.32 Å². The number of nitrogens with zero attached hydrogens (tertiary/aromatic N) is 2. The summed E-state index contributed by atoms with van der Waals surface area (Å²) in [6.07, 6.45) is -0.859. The van der Waals surface area contributed by atoms with Crippen molar-refractivity contribution in [2.45, 2.75) is 13.0 Å². The number of anilines is 1. The van der Waals surface area contributed by atoms with Gasteiger partial charge in [0.2, 0.25) is 0 Å². The van der Waals surface area contributed by atoms with Gasteiger partial charge in [0, 0.05) is 11.8 Å². The first-order valence-electron chi connectivity index (χ1n) is 6.72. The first kappa shape index (κ1) is 16.0. The summed E-state index contributed by atoms with van der Waals surface area (Å²) >= 11 is 0. The van der Waals surface area contributed by atoms with Gasteiger partial charge in [-0.25, -0.2) is 0 Å². The molecule has 0 unspecified atom stereocenters. The molecule has 7 nitrogen and oxygen atoms in total. The summed E-state index contributed by atoms with van der Waals surface area (Å²) in [5, 5.41) is 22.2. The molecule has 0 saturated heterocycles. The van der Waals surface area contributed by atoms with Crippen molar-refractivity contribution in [3.8, 4) is 11.8 Å². The Balaban J connectivity index is 2.04. The van der Waals surface area contributed by atoms with Gasteiger partial charge in [-0.2, -0.15) is 5.26 Å². The lowest BCUT2D eigenvalue weighted by Crippen LogP contribution is -2.30. The largest absolute Gasteiger partial charge is 0.481 e. The lowest BCUT2D eigenvalue weighted by molar-refractivity contribution is -0.384. The molecule has 2 aromatic rings. The highest BCUT2D eigenvalue weighted by Gasteiger charge is 2.16. The Morgan fingerprint density at radius 1 is 1.30 bits per heavy atom. The lowest BCUT2D eigenvalue weighted by atomic mass is 10.2. The summed E-state index contributed by atoms with van der Waals surface area (Å²) in [6, 6.07) is 14.1. The van der Waals surface area contributed by atoms with E-state index >= 15 is 0 Å². The topological polar surface area (TPSA) is 105 Å². The van der Waals surface area contributed by atoms with Gasteiger partial charge in [0.05, 0.1) is 22.6 Å². The Bertz CT molecular complexity index is 783. The van der Waals surface area contributed by atoms with Crippen LogP contribution in [0.4, 0.5) is 11.4 Å². The standard InChI is InChI=1S/C16H13N3O4/c1-11(23-15-7-3-6-14(9-15)19(21)22)16(20)18-13-5-2-4-12(8-13)10-17/h2-9,11H,1H3,(H,18,20)/t11-/m0/s1. The molecule has 0 spiro atoms. The summed E-state index contributed by atoms with van der Waals surface area (Å²) in [4.78, 5) is 22.3. The number of nitro groups is 1. The molecule has 2 rings (SSSR count). The third-order valence-corrected chi connectivity index (χ3v) is 2.97. The van der Waals surface area contributed by atoms with Crippen molar-refractivity contribution in [1.82, 2.24) is 0 Å². The van der Waals surface area contributed by atoms with E-state index in [1.165, 1.54) is 37.3 Å². The average Bonchev–Trinajstić information content (AvgIpc) is 2.55. The molecule has 0 bridgehead atoms. The van der Waals surface area contributed by atoms with Gasteiger partial charge in [-0.15, -0.1) is 0 Å². The third-order valence-electron chi connectivity index (χ3n) is 2.97. The van der Waals surface area contributed by atoms with E-state index in [1.54, 1.807) is 18.2 Å². The number of carbonyl (C=O) groups is 1. The van der Waals surface area contributed by atoms with E-state index in [4.69, 9.17) is 10.00 Å². The second-order valence-corrected chi connectivity index (χ2v) is 4.70. The molecule has 1 N–H and O–H groups in total. The molecule has 0 saturated carbocycles. The Hall–Kier alpha value is -3.40. The van der Waals surface area contributed by atoms with E-state index in [0.29, 0.717) is 11.3 Å². The fourth-order valence-electron chi connectivity index (χ4n) is 1.84. The number of nitrogens with one attached hydrogen (secondary N) is 1. The van der Waals surface area contributed by atoms with Crippen LogP contribution in [0, 0.1) is 21.4 Å². The van der Waals surface area contributed by atoms with Gasteiger partial charge in [0.1, 0.15) is 5.75 Å². The number of rotatable bonds is 5. The van der Waals surface area contributed by atoms with Gasteiger partial charge in [0.25, 0.3) is 11.6 Å². The predicted octanol–water partition coefficient (Wildman–Crippen LogP) is 2.87. The maximum atomic E-state index is 12.1. The van der Waals surface area contributed by atoms with Crippen LogP contribution >= 0.6 is 0 Å². The van der Waals surface area contributed by atoms with Crippen LogP contribution < -0.4 is 10.1 Å². The molecular formula is C16H13N3O4. The second-order valence-electron chi connectivity index (χ2n) is 4.70. The summed E-state index contributed by atoms with van der Waals surface area (Å²) < 4.78 is 5.41. The lowest BCUT2D eigenvalue weighted by Gasteiger charge is -2.14. The van der Waals surface area contributed by atoms with Crippen LogP contribution in [-0.4, -0.2) is 16.9 Å². The Labute approximate surface area is 132 Å². The van der Waals surface area contributed by atoms with Crippen LogP contribution in [0.1, 0.15) is 12.5 Å². The van der Waals surface area contributed by atoms with Crippen molar-refractivity contribution in [2.75, 3.05) is 5.32 Å². The van der Waals surface area contributed by atoms with Gasteiger partial charge >= 0.3 is 0 Å². The molecule has 0 aromatic heterocycles. The molecule has 7 heteroatoms. The first-order chi connectivity index (χ1) is 11.0. The van der Waals surface area contributed by atoms with Gasteiger partial charge in [0.15, 0.2) is 6.10 Å². The Kier molecular flexibility index (Phi) is 4.89. The van der Waals surface area contributed by atoms with Crippen molar-refractivity contribution < 1.29 is 14.5 Å². The maximum Gasteiger partial charge on any atom is 0.273 e. The number of hydrogen-bond donors (Lipinski definition) is 1. The van der Waals surface area contributed by atoms with Gasteiger partial charge in [-0.05, 0) is 31.2 Å². The van der Waals surface area contributed by atoms with Crippen molar-refractivity contribution >= 4 is 17.3 Å². The minimum atomic E-state index is -0.859. The number of benzene rings is 2. The van der Waals surface area contributed by atoms with Crippen LogP contribution in [0.3, 0.4) is 0 Å². The number of nitro benzene ring substituents is 1. The number of carbonyl (C=O) groups excluding carboxylic acids is 1. The van der Waals surface area contributed by atoms with E-state index in [1.807, 2.05) is 6.07 Å². The highest BCUT2D eigenvalue weighted by Crippen LogP contribution is 2.20. The van der Waals surface area contributed by atoms with Crippen LogP contribution in [0.2, 0.25) is 0 Å². The summed E-state index contributed by atoms with van der Waals surface area (Å²) in [5.74, 6) is -0.195. The zero-order valence-corrected chi connectivity index (χ0v) is 12.2. The van der Waals surface area contributed by atoms with E-state index in [0.717, 1.165) is 0 Å². The van der Waals surface area contributed by atoms with Crippen LogP contribution in [0.15, 0.2) is 48.5 Å². The number of ether oxygens (including phenoxy) is 1. The molecule has 0 heterocycles. The quantitative estimate of drug-likeness (QED) is 0.675. The van der Waals surface area contributed by atoms with Crippen molar-refractivity contribution in [3.05, 3.63) is 64.2 Å². The van der Waals surface area contributed by atoms with Gasteiger partial charge in [-0.3, -0.25) is 14.9 Å². The summed E-state index contributed by atoms with van der Waals surface area (Å²) in [7, 11) is 0. The SMILES string of the molecule is C[C@H](Oc1cccc([N+](=O)[O-])c1)C(=O)Nc1cccc(C#N)c1. The smallest absolute Gasteiger partial charge is 0.273 e. The molecule has 23 heavy (non-hydrogen) atoms. The molecule has 0 radical (unpaired) electrons. The minimum Gasteiger partial charge on any atom is -0.481 e. The van der Waals surface area contributed by atoms with Crippen LogP contribution in [0.5, 0.6) is 5.75 Å². The maximum absolute atomic E-state index is 12.1. The van der Waals surface area contributed by atoms with Crippen molar-refractivity contribution in [2.24, 2.45) is 0 Å². The normalized spacial score (nSPS) is 11.1. The molecule has 0 fully saturated rings. The first-order valence-corrected chi connectivity index (χ1v) is 6.72. The van der Waals surface area contributed by atoms with Crippen LogP contribution in [-0.2, 0) is 4.79 Å². The van der Waals surface area contributed by atoms with Crippen molar-refractivity contribution in [3.63, 3.8) is 0 Å². The number of non-ortho nitro benzene ring substituents is 1. The molecule has 1 atom stereocenters. The fourth-order valence-corrected chi connectivity index (χ4v) is 1.84. The molecule has 1 amide bonds. The number of amides is 1. The van der Waals surface area contributed by atoms with Gasteiger partial charge in [-0.1, -0.05) is 12.1 Å². The Morgan fingerprint density at radius 2 is 2.04 bits per heavy atom. The Morgan fingerprint density at radius 3 is 2.74 bits per heavy atom. The average molecular weight is 311 g/mol. The zero-order chi connectivity index (χ0) is 16.8. The highest BCUT2D eigenvalue weighted by molar-refractivity contribution is 5.94. The third kappa shape index (κ3) is 4.28. The van der Waals surface area contributed by atoms with Gasteiger partial charge < -0.3 is 10.1 Å². The minimum absolute atomic E-state index is 0.114.